The molecule has 6 nitrogen and oxygen atoms in total. The van der Waals surface area contributed by atoms with Gasteiger partial charge in [-0.2, -0.15) is 0 Å². The molecule has 1 aliphatic heterocycles. The highest BCUT2D eigenvalue weighted by Gasteiger charge is 2.23. The van der Waals surface area contributed by atoms with E-state index in [2.05, 4.69) is 15.6 Å². The topological polar surface area (TPSA) is 67.7 Å². The van der Waals surface area contributed by atoms with Crippen LogP contribution in [0, 0.1) is 0 Å². The molecule has 6 heteroatoms. The quantitative estimate of drug-likeness (QED) is 0.574. The Bertz CT molecular complexity index is 1120. The molecule has 0 fully saturated rings. The molecule has 0 saturated carbocycles. The predicted molar refractivity (Wildman–Crippen MR) is 106 cm³/mol. The Hall–Kier alpha value is -3.80. The van der Waals surface area contributed by atoms with Gasteiger partial charge in [-0.15, -0.1) is 0 Å². The lowest BCUT2D eigenvalue weighted by Gasteiger charge is -2.28. The first-order valence-electron chi connectivity index (χ1n) is 9.08. The molecule has 2 aromatic carbocycles. The van der Waals surface area contributed by atoms with Gasteiger partial charge in [0.25, 0.3) is 5.91 Å². The summed E-state index contributed by atoms with van der Waals surface area (Å²) >= 11 is 0. The molecule has 2 aromatic heterocycles. The van der Waals surface area contributed by atoms with Gasteiger partial charge in [0.15, 0.2) is 0 Å². The third kappa shape index (κ3) is 3.05. The van der Waals surface area contributed by atoms with E-state index in [1.54, 1.807) is 0 Å². The van der Waals surface area contributed by atoms with E-state index in [1.807, 2.05) is 83.5 Å². The average Bonchev–Trinajstić information content (AvgIpc) is 3.16. The Kier molecular flexibility index (Phi) is 3.94. The lowest BCUT2D eigenvalue weighted by atomic mass is 10.1. The average molecular weight is 370 g/mol. The molecular weight excluding hydrogens is 352 g/mol. The second-order valence-corrected chi connectivity index (χ2v) is 6.65. The second kappa shape index (κ2) is 6.74. The van der Waals surface area contributed by atoms with E-state index in [0.29, 0.717) is 12.2 Å². The van der Waals surface area contributed by atoms with Crippen molar-refractivity contribution in [2.75, 3.05) is 5.32 Å². The van der Waals surface area contributed by atoms with Crippen molar-refractivity contribution in [3.8, 4) is 5.75 Å². The van der Waals surface area contributed by atoms with Gasteiger partial charge in [-0.25, -0.2) is 4.98 Å². The fourth-order valence-corrected chi connectivity index (χ4v) is 3.34. The van der Waals surface area contributed by atoms with Crippen molar-refractivity contribution in [1.82, 2.24) is 14.7 Å². The number of hydrogen-bond donors (Lipinski definition) is 2. The van der Waals surface area contributed by atoms with Crippen molar-refractivity contribution >= 4 is 17.2 Å². The molecule has 3 heterocycles. The van der Waals surface area contributed by atoms with Gasteiger partial charge in [0.2, 0.25) is 0 Å². The molecule has 1 atom stereocenters. The molecule has 0 spiro atoms. The van der Waals surface area contributed by atoms with Crippen molar-refractivity contribution in [1.29, 1.82) is 0 Å². The summed E-state index contributed by atoms with van der Waals surface area (Å²) in [7, 11) is 0. The molecule has 0 unspecified atom stereocenters. The van der Waals surface area contributed by atoms with Crippen molar-refractivity contribution in [3.63, 3.8) is 0 Å². The molecule has 0 aliphatic carbocycles. The van der Waals surface area contributed by atoms with Gasteiger partial charge in [-0.3, -0.25) is 4.79 Å². The number of amides is 1. The maximum Gasteiger partial charge on any atom is 0.255 e. The van der Waals surface area contributed by atoms with Crippen LogP contribution in [-0.4, -0.2) is 15.3 Å². The van der Waals surface area contributed by atoms with E-state index < -0.39 is 0 Å². The zero-order valence-corrected chi connectivity index (χ0v) is 15.0. The molecule has 0 saturated heterocycles. The van der Waals surface area contributed by atoms with Crippen LogP contribution in [0.2, 0.25) is 0 Å². The summed E-state index contributed by atoms with van der Waals surface area (Å²) in [5.41, 5.74) is 4.22. The van der Waals surface area contributed by atoms with Gasteiger partial charge >= 0.3 is 0 Å². The Morgan fingerprint density at radius 2 is 1.79 bits per heavy atom. The van der Waals surface area contributed by atoms with Gasteiger partial charge in [-0.1, -0.05) is 30.3 Å². The minimum absolute atomic E-state index is 0.0773. The summed E-state index contributed by atoms with van der Waals surface area (Å²) in [6.45, 7) is 0.396. The summed E-state index contributed by atoms with van der Waals surface area (Å²) < 4.78 is 7.83. The maximum atomic E-state index is 12.3. The minimum Gasteiger partial charge on any atom is -0.487 e. The van der Waals surface area contributed by atoms with Crippen LogP contribution < -0.4 is 15.4 Å². The van der Waals surface area contributed by atoms with Crippen molar-refractivity contribution in [2.24, 2.45) is 0 Å². The van der Waals surface area contributed by atoms with Crippen LogP contribution in [0.4, 0.5) is 5.69 Å². The van der Waals surface area contributed by atoms with Crippen molar-refractivity contribution < 1.29 is 9.53 Å². The number of carbonyl (C=O) groups is 1. The van der Waals surface area contributed by atoms with E-state index in [1.165, 1.54) is 0 Å². The molecular formula is C22H18N4O2. The Morgan fingerprint density at radius 3 is 2.64 bits per heavy atom. The fraction of sp³-hybridized carbons (Fsp3) is 0.0909. The van der Waals surface area contributed by atoms with Gasteiger partial charge in [0.1, 0.15) is 24.2 Å². The van der Waals surface area contributed by atoms with Gasteiger partial charge in [0.05, 0.1) is 11.3 Å². The third-order valence-electron chi connectivity index (χ3n) is 4.76. The molecule has 2 N–H and O–H groups in total. The number of pyridine rings is 1. The van der Waals surface area contributed by atoms with Crippen LogP contribution in [-0.2, 0) is 6.61 Å². The first-order valence-corrected chi connectivity index (χ1v) is 9.08. The maximum absolute atomic E-state index is 12.3. The Balaban J connectivity index is 1.27. The number of fused-ring (bicyclic) bond motifs is 2. The summed E-state index contributed by atoms with van der Waals surface area (Å²) in [5.74, 6) is 0.676. The monoisotopic (exact) mass is 370 g/mol. The largest absolute Gasteiger partial charge is 0.487 e. The molecule has 1 amide bonds. The van der Waals surface area contributed by atoms with E-state index in [0.717, 1.165) is 28.3 Å². The number of aromatic nitrogens is 2. The van der Waals surface area contributed by atoms with Crippen LogP contribution in [0.25, 0.3) is 5.65 Å². The van der Waals surface area contributed by atoms with Crippen molar-refractivity contribution in [3.05, 3.63) is 95.9 Å². The highest BCUT2D eigenvalue weighted by Crippen LogP contribution is 2.27. The fourth-order valence-electron chi connectivity index (χ4n) is 3.34. The first kappa shape index (κ1) is 16.4. The SMILES string of the molecule is O=C1N[C@@H](c2ccc(OCc3cn4ccccc4n3)cc2)Nc2ccccc21. The molecule has 0 bridgehead atoms. The highest BCUT2D eigenvalue weighted by atomic mass is 16.5. The van der Waals surface area contributed by atoms with Gasteiger partial charge in [-0.05, 0) is 42.0 Å². The van der Waals surface area contributed by atoms with Crippen LogP contribution in [0.3, 0.4) is 0 Å². The zero-order chi connectivity index (χ0) is 18.9. The van der Waals surface area contributed by atoms with Crippen molar-refractivity contribution in [2.45, 2.75) is 12.8 Å². The standard InChI is InChI=1S/C22H18N4O2/c27-22-18-5-1-2-6-19(18)24-21(25-22)15-8-10-17(11-9-15)28-14-16-13-26-12-4-3-7-20(26)23-16/h1-13,21,24H,14H2,(H,25,27)/t21-/m0/s1. The minimum atomic E-state index is -0.269. The van der Waals surface area contributed by atoms with Crippen LogP contribution in [0.1, 0.15) is 27.8 Å². The van der Waals surface area contributed by atoms with E-state index in [-0.39, 0.29) is 12.1 Å². The molecule has 4 aromatic rings. The van der Waals surface area contributed by atoms with Crippen LogP contribution in [0.15, 0.2) is 79.1 Å². The number of carbonyl (C=O) groups excluding carboxylic acids is 1. The molecule has 1 aliphatic rings. The summed E-state index contributed by atoms with van der Waals surface area (Å²) in [6, 6.07) is 21.1. The smallest absolute Gasteiger partial charge is 0.255 e. The van der Waals surface area contributed by atoms with E-state index >= 15 is 0 Å². The molecule has 5 rings (SSSR count). The van der Waals surface area contributed by atoms with Crippen LogP contribution in [0.5, 0.6) is 5.75 Å². The number of nitrogens with zero attached hydrogens (tertiary/aromatic N) is 2. The number of imidazole rings is 1. The highest BCUT2D eigenvalue weighted by molar-refractivity contribution is 6.01. The number of nitrogens with one attached hydrogen (secondary N) is 2. The number of hydrogen-bond acceptors (Lipinski definition) is 4. The van der Waals surface area contributed by atoms with Gasteiger partial charge in [0, 0.05) is 18.1 Å². The van der Waals surface area contributed by atoms with Gasteiger partial charge < -0.3 is 19.8 Å². The molecule has 28 heavy (non-hydrogen) atoms. The number of ether oxygens (including phenoxy) is 1. The lowest BCUT2D eigenvalue weighted by Crippen LogP contribution is -2.38. The summed E-state index contributed by atoms with van der Waals surface area (Å²) in [4.78, 5) is 16.8. The molecule has 0 radical (unpaired) electrons. The molecule has 138 valence electrons. The summed E-state index contributed by atoms with van der Waals surface area (Å²) in [5, 5.41) is 6.33. The number of anilines is 1. The van der Waals surface area contributed by atoms with E-state index in [4.69, 9.17) is 4.74 Å². The second-order valence-electron chi connectivity index (χ2n) is 6.65. The number of benzene rings is 2. The Labute approximate surface area is 161 Å². The summed E-state index contributed by atoms with van der Waals surface area (Å²) in [6.07, 6.45) is 3.65. The lowest BCUT2D eigenvalue weighted by molar-refractivity contribution is 0.0935. The van der Waals surface area contributed by atoms with E-state index in [9.17, 15) is 4.79 Å². The zero-order valence-electron chi connectivity index (χ0n) is 15.0. The normalized spacial score (nSPS) is 15.6. The predicted octanol–water partition coefficient (Wildman–Crippen LogP) is 3.77. The first-order chi connectivity index (χ1) is 13.8. The number of para-hydroxylation sites is 1. The Morgan fingerprint density at radius 1 is 0.964 bits per heavy atom. The third-order valence-corrected chi connectivity index (χ3v) is 4.76. The van der Waals surface area contributed by atoms with Crippen LogP contribution >= 0.6 is 0 Å². The number of rotatable bonds is 4.